The first-order valence-electron chi connectivity index (χ1n) is 27.2. The highest BCUT2D eigenvalue weighted by Crippen LogP contribution is 2.33. The number of aliphatic carboxylic acids is 1. The molecule has 2 aliphatic rings. The predicted octanol–water partition coefficient (Wildman–Crippen LogP) is 2.87. The molecule has 7 unspecified atom stereocenters. The van der Waals surface area contributed by atoms with Gasteiger partial charge in [0.2, 0.25) is 35.8 Å². The van der Waals surface area contributed by atoms with E-state index >= 15 is 0 Å². The summed E-state index contributed by atoms with van der Waals surface area (Å²) in [6, 6.07) is 11.4. The van der Waals surface area contributed by atoms with Crippen molar-refractivity contribution in [3.63, 3.8) is 0 Å². The van der Waals surface area contributed by atoms with Gasteiger partial charge in [-0.3, -0.25) is 24.0 Å². The summed E-state index contributed by atoms with van der Waals surface area (Å²) in [6.07, 6.45) is -8.09. The third-order valence-electron chi connectivity index (χ3n) is 14.9. The average molecular weight is 1160 g/mol. The fraction of sp³-hybridized carbons (Fsp3) is 0.607. The number of carbonyl (C=O) groups is 7. The van der Waals surface area contributed by atoms with Crippen LogP contribution >= 0.6 is 11.3 Å². The third-order valence-corrected chi connectivity index (χ3v) is 15.8. The zero-order valence-electron chi connectivity index (χ0n) is 47.7. The maximum Gasteiger partial charge on any atom is 0.408 e. The van der Waals surface area contributed by atoms with Crippen LogP contribution in [0.4, 0.5) is 10.5 Å². The Morgan fingerprint density at radius 1 is 0.951 bits per heavy atom. The van der Waals surface area contributed by atoms with E-state index in [1.54, 1.807) is 46.0 Å². The van der Waals surface area contributed by atoms with Crippen LogP contribution in [0.25, 0.3) is 0 Å². The van der Waals surface area contributed by atoms with Gasteiger partial charge in [0.15, 0.2) is 6.10 Å². The molecule has 10 N–H and O–H groups in total. The SMILES string of the molecule is CCC(C)C(C(CC(=O)N1CCC[C@H]1C(OC)C(C)C(=O)NC(Cc1ccccc1)c1nccs1)OC)N(C)C(=O)C(NC(=O)C(C)(C)NC(=O)OCc1ccc(O[C@@H]2O[C@H](C(=O)O)[C@@H](O)[C@H](O)[C@H]2O)c(NC(=O)CCN)c1)C(C)C. The summed E-state index contributed by atoms with van der Waals surface area (Å²) in [4.78, 5) is 103. The lowest BCUT2D eigenvalue weighted by Crippen LogP contribution is -2.62. The number of benzene rings is 2. The van der Waals surface area contributed by atoms with Crippen molar-refractivity contribution in [3.8, 4) is 5.75 Å². The number of aromatic nitrogens is 1. The molecule has 0 aliphatic carbocycles. The maximum absolute atomic E-state index is 14.7. The van der Waals surface area contributed by atoms with Crippen LogP contribution < -0.4 is 31.7 Å². The number of carboxylic acid groups (broad SMARTS) is 1. The van der Waals surface area contributed by atoms with Crippen molar-refractivity contribution in [1.82, 2.24) is 30.7 Å². The zero-order chi connectivity index (χ0) is 59.9. The van der Waals surface area contributed by atoms with Crippen molar-refractivity contribution >= 4 is 58.6 Å². The maximum atomic E-state index is 14.7. The fourth-order valence-corrected chi connectivity index (χ4v) is 10.8. The number of thiazole rings is 1. The minimum absolute atomic E-state index is 0.0188. The minimum atomic E-state index is -1.97. The van der Waals surface area contributed by atoms with Gasteiger partial charge in [-0.1, -0.05) is 77.4 Å². The van der Waals surface area contributed by atoms with E-state index in [-0.39, 0.29) is 60.2 Å². The second kappa shape index (κ2) is 30.1. The smallest absolute Gasteiger partial charge is 0.408 e. The van der Waals surface area contributed by atoms with Crippen LogP contribution in [-0.2, 0) is 60.7 Å². The molecule has 25 heteroatoms. The van der Waals surface area contributed by atoms with Crippen LogP contribution in [0.2, 0.25) is 0 Å². The highest BCUT2D eigenvalue weighted by Gasteiger charge is 2.49. The highest BCUT2D eigenvalue weighted by atomic mass is 32.1. The molecule has 0 bridgehead atoms. The second-order valence-corrected chi connectivity index (χ2v) is 22.4. The van der Waals surface area contributed by atoms with E-state index in [0.29, 0.717) is 32.2 Å². The molecule has 0 saturated carbocycles. The van der Waals surface area contributed by atoms with E-state index < -0.39 is 115 Å². The highest BCUT2D eigenvalue weighted by molar-refractivity contribution is 7.09. The summed E-state index contributed by atoms with van der Waals surface area (Å²) in [5.41, 5.74) is 5.20. The number of methoxy groups -OCH3 is 2. The molecular formula is C56H82N8O16S. The molecule has 2 fully saturated rings. The number of nitrogens with one attached hydrogen (secondary N) is 4. The number of aliphatic hydroxyl groups is 3. The molecule has 448 valence electrons. The number of rotatable bonds is 28. The number of carboxylic acids is 1. The number of alkyl carbamates (subject to hydrolysis) is 1. The molecule has 6 amide bonds. The number of ether oxygens (including phenoxy) is 5. The average Bonchev–Trinajstić information content (AvgIpc) is 4.22. The lowest BCUT2D eigenvalue weighted by molar-refractivity contribution is -0.271. The Kier molecular flexibility index (Phi) is 24.4. The number of anilines is 1. The van der Waals surface area contributed by atoms with E-state index in [9.17, 15) is 54.0 Å². The summed E-state index contributed by atoms with van der Waals surface area (Å²) >= 11 is 1.46. The molecule has 3 aromatic rings. The van der Waals surface area contributed by atoms with E-state index in [1.165, 1.54) is 55.4 Å². The summed E-state index contributed by atoms with van der Waals surface area (Å²) in [5, 5.41) is 54.2. The number of likely N-dealkylation sites (N-methyl/N-ethyl adjacent to an activating group) is 1. The van der Waals surface area contributed by atoms with Crippen LogP contribution in [-0.4, -0.2) is 178 Å². The summed E-state index contributed by atoms with van der Waals surface area (Å²) in [7, 11) is 4.64. The van der Waals surface area contributed by atoms with Gasteiger partial charge >= 0.3 is 12.1 Å². The number of likely N-dealkylation sites (tertiary alicyclic amines) is 1. The molecule has 0 spiro atoms. The van der Waals surface area contributed by atoms with Crippen LogP contribution in [0, 0.1) is 17.8 Å². The van der Waals surface area contributed by atoms with Crippen molar-refractivity contribution in [2.75, 3.05) is 39.7 Å². The Morgan fingerprint density at radius 2 is 1.65 bits per heavy atom. The topological polar surface area (TPSA) is 340 Å². The van der Waals surface area contributed by atoms with Gasteiger partial charge in [-0.2, -0.15) is 0 Å². The van der Waals surface area contributed by atoms with Crippen molar-refractivity contribution in [2.45, 2.75) is 166 Å². The number of nitrogens with two attached hydrogens (primary N) is 1. The molecule has 2 saturated heterocycles. The van der Waals surface area contributed by atoms with Gasteiger partial charge in [-0.15, -0.1) is 11.3 Å². The largest absolute Gasteiger partial charge is 0.479 e. The molecule has 2 aliphatic heterocycles. The molecule has 13 atom stereocenters. The molecule has 3 heterocycles. The van der Waals surface area contributed by atoms with Crippen molar-refractivity contribution in [2.24, 2.45) is 23.5 Å². The number of aliphatic hydroxyl groups excluding tert-OH is 3. The quantitative estimate of drug-likeness (QED) is 0.0505. The van der Waals surface area contributed by atoms with Crippen LogP contribution in [0.1, 0.15) is 103 Å². The van der Waals surface area contributed by atoms with E-state index in [4.69, 9.17) is 29.4 Å². The van der Waals surface area contributed by atoms with Crippen LogP contribution in [0.15, 0.2) is 60.1 Å². The van der Waals surface area contributed by atoms with E-state index in [2.05, 4.69) is 26.3 Å². The standard InChI is InChI=1S/C56H82N8O16S/c1-11-31(4)43(39(76-9)28-41(66)64-24-15-18-37(64)47(77-10)32(5)49(70)60-36(50-58-23-25-81-50)26-33-16-13-12-14-17-33)63(8)51(71)42(30(2)3)61-54(74)56(6,7)62-55(75)78-29-34-19-20-38(35(27-34)59-40(65)21-22-57)79-53-46(69)44(67)45(68)48(80-53)52(72)73/h12-14,16-17,19-20,23,25,27,30-32,36-37,39,42-48,53,67-69H,11,15,18,21-22,24,26,28-29,57H2,1-10H3,(H,59,65)(H,60,70)(H,61,74)(H,62,75)(H,72,73)/t31?,32?,36?,37-,39?,42?,43?,44-,45-,46+,47?,48-,53+/m0/s1. The van der Waals surface area contributed by atoms with Crippen molar-refractivity contribution in [3.05, 3.63) is 76.2 Å². The van der Waals surface area contributed by atoms with Gasteiger partial charge in [-0.05, 0) is 68.2 Å². The van der Waals surface area contributed by atoms with Gasteiger partial charge < -0.3 is 80.9 Å². The first-order valence-corrected chi connectivity index (χ1v) is 28.1. The molecule has 24 nitrogen and oxygen atoms in total. The van der Waals surface area contributed by atoms with Crippen molar-refractivity contribution in [1.29, 1.82) is 0 Å². The fourth-order valence-electron chi connectivity index (χ4n) is 10.1. The van der Waals surface area contributed by atoms with Gasteiger partial charge in [0.1, 0.15) is 47.3 Å². The van der Waals surface area contributed by atoms with Gasteiger partial charge in [0.25, 0.3) is 0 Å². The first kappa shape index (κ1) is 65.5. The number of hydrogen-bond acceptors (Lipinski definition) is 18. The second-order valence-electron chi connectivity index (χ2n) is 21.5. The zero-order valence-corrected chi connectivity index (χ0v) is 48.6. The molecule has 0 radical (unpaired) electrons. The Labute approximate surface area is 476 Å². The Hall–Kier alpha value is -6.32. The minimum Gasteiger partial charge on any atom is -0.479 e. The predicted molar refractivity (Wildman–Crippen MR) is 297 cm³/mol. The van der Waals surface area contributed by atoms with Gasteiger partial charge in [-0.25, -0.2) is 14.6 Å². The van der Waals surface area contributed by atoms with Gasteiger partial charge in [0, 0.05) is 52.4 Å². The molecule has 81 heavy (non-hydrogen) atoms. The summed E-state index contributed by atoms with van der Waals surface area (Å²) in [5.74, 6) is -5.25. The number of hydrogen-bond donors (Lipinski definition) is 9. The monoisotopic (exact) mass is 1150 g/mol. The first-order chi connectivity index (χ1) is 38.4. The normalized spacial score (nSPS) is 21.8. The molecule has 2 aromatic carbocycles. The lowest BCUT2D eigenvalue weighted by Gasteiger charge is -2.41. The molecule has 1 aromatic heterocycles. The Bertz CT molecular complexity index is 2580. The summed E-state index contributed by atoms with van der Waals surface area (Å²) < 4.78 is 28.5. The number of carbonyl (C=O) groups excluding carboxylic acids is 6. The molecular weight excluding hydrogens is 1070 g/mol. The number of amides is 6. The lowest BCUT2D eigenvalue weighted by atomic mass is 9.89. The van der Waals surface area contributed by atoms with Gasteiger partial charge in [0.05, 0.1) is 48.4 Å². The third kappa shape index (κ3) is 17.1. The van der Waals surface area contributed by atoms with E-state index in [0.717, 1.165) is 10.6 Å². The van der Waals surface area contributed by atoms with Crippen LogP contribution in [0.3, 0.4) is 0 Å². The summed E-state index contributed by atoms with van der Waals surface area (Å²) in [6.45, 7) is 12.1. The van der Waals surface area contributed by atoms with Crippen LogP contribution in [0.5, 0.6) is 5.75 Å². The Balaban J connectivity index is 1.23. The molecule has 5 rings (SSSR count). The van der Waals surface area contributed by atoms with Crippen molar-refractivity contribution < 1.29 is 77.7 Å². The Morgan fingerprint density at radius 3 is 2.26 bits per heavy atom. The van der Waals surface area contributed by atoms with E-state index in [1.807, 2.05) is 49.6 Å². The number of nitrogens with zero attached hydrogens (tertiary/aromatic N) is 3.